The van der Waals surface area contributed by atoms with Crippen molar-refractivity contribution in [2.24, 2.45) is 4.99 Å². The molecule has 2 N–H and O–H groups in total. The van der Waals surface area contributed by atoms with Crippen molar-refractivity contribution in [2.75, 3.05) is 27.0 Å². The number of rotatable bonds is 6. The van der Waals surface area contributed by atoms with Crippen molar-refractivity contribution in [1.82, 2.24) is 10.6 Å². The van der Waals surface area contributed by atoms with Crippen LogP contribution in [-0.2, 0) is 6.54 Å². The fourth-order valence-electron chi connectivity index (χ4n) is 1.51. The molecule has 0 spiro atoms. The number of benzene rings is 1. The van der Waals surface area contributed by atoms with Crippen LogP contribution < -0.4 is 15.4 Å². The molecule has 1 rings (SSSR count). The number of hydrogen-bond donors (Lipinski definition) is 2. The zero-order chi connectivity index (χ0) is 14.1. The number of aliphatic imine (C=N–C) groups is 1. The van der Waals surface area contributed by atoms with Gasteiger partial charge in [-0.2, -0.15) is 11.8 Å². The Hall–Kier alpha value is -1.36. The summed E-state index contributed by atoms with van der Waals surface area (Å²) in [5, 5.41) is 7.16. The van der Waals surface area contributed by atoms with E-state index in [2.05, 4.69) is 34.9 Å². The van der Waals surface area contributed by atoms with Gasteiger partial charge in [-0.05, 0) is 24.0 Å². The van der Waals surface area contributed by atoms with Gasteiger partial charge in [-0.1, -0.05) is 19.1 Å². The van der Waals surface area contributed by atoms with Gasteiger partial charge in [0.15, 0.2) is 5.96 Å². The van der Waals surface area contributed by atoms with Gasteiger partial charge in [0.05, 0.1) is 7.11 Å². The Morgan fingerprint density at radius 3 is 2.84 bits per heavy atom. The molecule has 0 saturated carbocycles. The summed E-state index contributed by atoms with van der Waals surface area (Å²) in [4.78, 5) is 4.21. The molecule has 0 radical (unpaired) electrons. The average molecular weight is 281 g/mol. The standard InChI is InChI=1S/C14H23N3OS/c1-11(19-4)9-16-14(15-2)17-10-12-6-5-7-13(8-12)18-3/h5-8,11H,9-10H2,1-4H3,(H2,15,16,17). The van der Waals surface area contributed by atoms with Gasteiger partial charge in [0.25, 0.3) is 0 Å². The highest BCUT2D eigenvalue weighted by molar-refractivity contribution is 7.99. The van der Waals surface area contributed by atoms with Crippen LogP contribution in [0.3, 0.4) is 0 Å². The minimum Gasteiger partial charge on any atom is -0.497 e. The molecule has 1 atom stereocenters. The lowest BCUT2D eigenvalue weighted by molar-refractivity contribution is 0.414. The number of methoxy groups -OCH3 is 1. The smallest absolute Gasteiger partial charge is 0.191 e. The fourth-order valence-corrected chi connectivity index (χ4v) is 1.76. The molecule has 0 aliphatic carbocycles. The van der Waals surface area contributed by atoms with Crippen LogP contribution in [0.4, 0.5) is 0 Å². The lowest BCUT2D eigenvalue weighted by Crippen LogP contribution is -2.39. The zero-order valence-corrected chi connectivity index (χ0v) is 12.9. The maximum absolute atomic E-state index is 5.21. The van der Waals surface area contributed by atoms with Crippen LogP contribution in [0.1, 0.15) is 12.5 Å². The lowest BCUT2D eigenvalue weighted by atomic mass is 10.2. The van der Waals surface area contributed by atoms with Gasteiger partial charge in [-0.25, -0.2) is 0 Å². The first kappa shape index (κ1) is 15.7. The third kappa shape index (κ3) is 5.87. The minimum absolute atomic E-state index is 0.565. The first-order valence-electron chi connectivity index (χ1n) is 6.29. The number of ether oxygens (including phenoxy) is 1. The largest absolute Gasteiger partial charge is 0.497 e. The minimum atomic E-state index is 0.565. The molecule has 106 valence electrons. The van der Waals surface area contributed by atoms with E-state index < -0.39 is 0 Å². The molecule has 0 bridgehead atoms. The van der Waals surface area contributed by atoms with Crippen molar-refractivity contribution in [3.8, 4) is 5.75 Å². The second-order valence-corrected chi connectivity index (χ2v) is 5.48. The highest BCUT2D eigenvalue weighted by Crippen LogP contribution is 2.12. The van der Waals surface area contributed by atoms with Crippen molar-refractivity contribution < 1.29 is 4.74 Å². The van der Waals surface area contributed by atoms with Crippen LogP contribution in [0.15, 0.2) is 29.3 Å². The maximum Gasteiger partial charge on any atom is 0.191 e. The molecule has 0 saturated heterocycles. The van der Waals surface area contributed by atoms with Crippen molar-refractivity contribution in [3.05, 3.63) is 29.8 Å². The molecule has 5 heteroatoms. The molecule has 4 nitrogen and oxygen atoms in total. The summed E-state index contributed by atoms with van der Waals surface area (Å²) in [6.45, 7) is 3.82. The normalized spacial score (nSPS) is 12.9. The molecule has 1 aromatic rings. The molecular formula is C14H23N3OS. The highest BCUT2D eigenvalue weighted by atomic mass is 32.2. The Bertz CT molecular complexity index is 409. The van der Waals surface area contributed by atoms with Crippen molar-refractivity contribution in [2.45, 2.75) is 18.7 Å². The molecule has 0 aromatic heterocycles. The molecule has 0 aliphatic heterocycles. The number of nitrogens with zero attached hydrogens (tertiary/aromatic N) is 1. The van der Waals surface area contributed by atoms with E-state index in [4.69, 9.17) is 4.74 Å². The van der Waals surface area contributed by atoms with E-state index in [1.807, 2.05) is 30.0 Å². The summed E-state index contributed by atoms with van der Waals surface area (Å²) in [5.41, 5.74) is 1.17. The van der Waals surface area contributed by atoms with Crippen LogP contribution in [0.5, 0.6) is 5.75 Å². The van der Waals surface area contributed by atoms with Crippen LogP contribution in [0.2, 0.25) is 0 Å². The number of hydrogen-bond acceptors (Lipinski definition) is 3. The summed E-state index contributed by atoms with van der Waals surface area (Å²) in [5.74, 6) is 1.70. The Labute approximate surface area is 120 Å². The van der Waals surface area contributed by atoms with E-state index in [1.165, 1.54) is 5.56 Å². The molecule has 1 unspecified atom stereocenters. The Kier molecular flexibility index (Phi) is 7.18. The maximum atomic E-state index is 5.21. The molecule has 0 fully saturated rings. The van der Waals surface area contributed by atoms with Gasteiger partial charge in [0, 0.05) is 25.4 Å². The molecule has 1 aromatic carbocycles. The molecule has 19 heavy (non-hydrogen) atoms. The van der Waals surface area contributed by atoms with Gasteiger partial charge in [-0.15, -0.1) is 0 Å². The predicted octanol–water partition coefficient (Wildman–Crippen LogP) is 2.11. The van der Waals surface area contributed by atoms with Crippen molar-refractivity contribution in [1.29, 1.82) is 0 Å². The van der Waals surface area contributed by atoms with E-state index in [0.717, 1.165) is 24.8 Å². The van der Waals surface area contributed by atoms with Gasteiger partial charge in [0.2, 0.25) is 0 Å². The lowest BCUT2D eigenvalue weighted by Gasteiger charge is -2.14. The van der Waals surface area contributed by atoms with Crippen LogP contribution in [0.25, 0.3) is 0 Å². The zero-order valence-electron chi connectivity index (χ0n) is 12.1. The van der Waals surface area contributed by atoms with Crippen LogP contribution in [-0.4, -0.2) is 38.2 Å². The number of nitrogens with one attached hydrogen (secondary N) is 2. The fraction of sp³-hybridized carbons (Fsp3) is 0.500. The van der Waals surface area contributed by atoms with Gasteiger partial charge < -0.3 is 15.4 Å². The molecule has 0 aliphatic rings. The van der Waals surface area contributed by atoms with Gasteiger partial charge >= 0.3 is 0 Å². The van der Waals surface area contributed by atoms with E-state index in [9.17, 15) is 0 Å². The summed E-state index contributed by atoms with van der Waals surface area (Å²) < 4.78 is 5.21. The van der Waals surface area contributed by atoms with Gasteiger partial charge in [0.1, 0.15) is 5.75 Å². The average Bonchev–Trinajstić information content (AvgIpc) is 2.47. The topological polar surface area (TPSA) is 45.7 Å². The van der Waals surface area contributed by atoms with E-state index in [-0.39, 0.29) is 0 Å². The predicted molar refractivity (Wildman–Crippen MR) is 84.2 cm³/mol. The molecule has 0 amide bonds. The van der Waals surface area contributed by atoms with E-state index in [0.29, 0.717) is 5.25 Å². The van der Waals surface area contributed by atoms with Crippen LogP contribution in [0, 0.1) is 0 Å². The summed E-state index contributed by atoms with van der Waals surface area (Å²) in [7, 11) is 3.46. The summed E-state index contributed by atoms with van der Waals surface area (Å²) in [6, 6.07) is 8.01. The Morgan fingerprint density at radius 2 is 2.21 bits per heavy atom. The highest BCUT2D eigenvalue weighted by Gasteiger charge is 2.02. The summed E-state index contributed by atoms with van der Waals surface area (Å²) in [6.07, 6.45) is 2.11. The number of guanidine groups is 1. The van der Waals surface area contributed by atoms with E-state index in [1.54, 1.807) is 14.2 Å². The summed E-state index contributed by atoms with van der Waals surface area (Å²) >= 11 is 1.83. The van der Waals surface area contributed by atoms with E-state index >= 15 is 0 Å². The second-order valence-electron chi connectivity index (χ2n) is 4.20. The van der Waals surface area contributed by atoms with Gasteiger partial charge in [-0.3, -0.25) is 4.99 Å². The monoisotopic (exact) mass is 281 g/mol. The molecule has 0 heterocycles. The number of thioether (sulfide) groups is 1. The first-order chi connectivity index (χ1) is 9.19. The third-order valence-corrected chi connectivity index (χ3v) is 3.75. The van der Waals surface area contributed by atoms with Crippen molar-refractivity contribution in [3.63, 3.8) is 0 Å². The molecular weight excluding hydrogens is 258 g/mol. The first-order valence-corrected chi connectivity index (χ1v) is 7.58. The second kappa shape index (κ2) is 8.69. The van der Waals surface area contributed by atoms with Crippen molar-refractivity contribution >= 4 is 17.7 Å². The SMILES string of the molecule is CN=C(NCc1cccc(OC)c1)NCC(C)SC. The Balaban J connectivity index is 2.44. The Morgan fingerprint density at radius 1 is 1.42 bits per heavy atom. The third-order valence-electron chi connectivity index (χ3n) is 2.78. The quantitative estimate of drug-likeness (QED) is 0.619. The van der Waals surface area contributed by atoms with Crippen LogP contribution >= 0.6 is 11.8 Å².